The number of carbonyl (C=O) groups excluding carboxylic acids is 1. The Morgan fingerprint density at radius 3 is 2.65 bits per heavy atom. The minimum Gasteiger partial charge on any atom is -0.456 e. The maximum Gasteiger partial charge on any atom is 0.244 e. The van der Waals surface area contributed by atoms with Crippen LogP contribution in [0.2, 0.25) is 0 Å². The van der Waals surface area contributed by atoms with Crippen molar-refractivity contribution in [2.45, 2.75) is 25.8 Å². The van der Waals surface area contributed by atoms with Crippen molar-refractivity contribution in [3.05, 3.63) is 42.5 Å². The van der Waals surface area contributed by atoms with Crippen LogP contribution < -0.4 is 5.32 Å². The molecule has 2 aromatic carbocycles. The molecule has 1 atom stereocenters. The molecule has 0 radical (unpaired) electrons. The average Bonchev–Trinajstić information content (AvgIpc) is 3.21. The molecule has 1 fully saturated rings. The molecule has 0 saturated carbocycles. The van der Waals surface area contributed by atoms with Gasteiger partial charge in [0.15, 0.2) is 0 Å². The molecule has 23 heavy (non-hydrogen) atoms. The highest BCUT2D eigenvalue weighted by molar-refractivity contribution is 6.06. The highest BCUT2D eigenvalue weighted by atomic mass is 16.3. The van der Waals surface area contributed by atoms with Crippen LogP contribution in [0.15, 0.2) is 46.9 Å². The number of rotatable bonds is 3. The molecular formula is C19H20N2O2. The molecule has 4 nitrogen and oxygen atoms in total. The zero-order chi connectivity index (χ0) is 15.8. The normalized spacial score (nSPS) is 16.1. The van der Waals surface area contributed by atoms with E-state index in [1.807, 2.05) is 42.2 Å². The van der Waals surface area contributed by atoms with Gasteiger partial charge in [-0.2, -0.15) is 0 Å². The fourth-order valence-electron chi connectivity index (χ4n) is 3.34. The van der Waals surface area contributed by atoms with Gasteiger partial charge in [-0.25, -0.2) is 0 Å². The lowest BCUT2D eigenvalue weighted by molar-refractivity contribution is -0.130. The molecular weight excluding hydrogens is 288 g/mol. The summed E-state index contributed by atoms with van der Waals surface area (Å²) in [6, 6.07) is 13.8. The van der Waals surface area contributed by atoms with Gasteiger partial charge in [0.2, 0.25) is 5.91 Å². The topological polar surface area (TPSA) is 45.5 Å². The summed E-state index contributed by atoms with van der Waals surface area (Å²) < 4.78 is 5.84. The lowest BCUT2D eigenvalue weighted by Crippen LogP contribution is -2.39. The molecule has 4 rings (SSSR count). The SMILES string of the molecule is CC(Nc1ccc2oc3ccccc3c2c1)C(=O)N1CCCC1. The van der Waals surface area contributed by atoms with E-state index in [0.29, 0.717) is 0 Å². The molecule has 3 aromatic rings. The van der Waals surface area contributed by atoms with Crippen LogP contribution in [-0.2, 0) is 4.79 Å². The number of carbonyl (C=O) groups is 1. The standard InChI is InChI=1S/C19H20N2O2/c1-13(19(22)21-10-4-5-11-21)20-14-8-9-18-16(12-14)15-6-2-3-7-17(15)23-18/h2-3,6-9,12-13,20H,4-5,10-11H2,1H3. The molecule has 1 aliphatic rings. The molecule has 118 valence electrons. The Labute approximate surface area is 135 Å². The Bertz CT molecular complexity index is 862. The number of anilines is 1. The Hall–Kier alpha value is -2.49. The number of amides is 1. The van der Waals surface area contributed by atoms with Crippen molar-refractivity contribution >= 4 is 33.5 Å². The van der Waals surface area contributed by atoms with E-state index < -0.39 is 0 Å². The summed E-state index contributed by atoms with van der Waals surface area (Å²) in [4.78, 5) is 14.4. The fraction of sp³-hybridized carbons (Fsp3) is 0.316. The minimum atomic E-state index is -0.219. The fourth-order valence-corrected chi connectivity index (χ4v) is 3.34. The molecule has 2 heterocycles. The van der Waals surface area contributed by atoms with Gasteiger partial charge in [0, 0.05) is 29.5 Å². The zero-order valence-electron chi connectivity index (χ0n) is 13.2. The summed E-state index contributed by atoms with van der Waals surface area (Å²) in [5.41, 5.74) is 2.71. The number of nitrogens with zero attached hydrogens (tertiary/aromatic N) is 1. The van der Waals surface area contributed by atoms with Crippen molar-refractivity contribution in [3.63, 3.8) is 0 Å². The van der Waals surface area contributed by atoms with Gasteiger partial charge in [0.1, 0.15) is 17.2 Å². The monoisotopic (exact) mass is 308 g/mol. The molecule has 1 amide bonds. The summed E-state index contributed by atoms with van der Waals surface area (Å²) in [5.74, 6) is 0.180. The van der Waals surface area contributed by atoms with Crippen LogP contribution in [0.5, 0.6) is 0 Å². The first kappa shape index (κ1) is 14.1. The number of nitrogens with one attached hydrogen (secondary N) is 1. The molecule has 1 N–H and O–H groups in total. The maximum absolute atomic E-state index is 12.4. The maximum atomic E-state index is 12.4. The predicted octanol–water partition coefficient (Wildman–Crippen LogP) is 4.01. The second-order valence-corrected chi connectivity index (χ2v) is 6.21. The van der Waals surface area contributed by atoms with Crippen molar-refractivity contribution in [2.24, 2.45) is 0 Å². The van der Waals surface area contributed by atoms with E-state index in [-0.39, 0.29) is 11.9 Å². The number of likely N-dealkylation sites (tertiary alicyclic amines) is 1. The van der Waals surface area contributed by atoms with Crippen LogP contribution >= 0.6 is 0 Å². The number of hydrogen-bond acceptors (Lipinski definition) is 3. The molecule has 0 bridgehead atoms. The Balaban J connectivity index is 1.61. The van der Waals surface area contributed by atoms with E-state index in [4.69, 9.17) is 4.42 Å². The van der Waals surface area contributed by atoms with Crippen molar-refractivity contribution in [1.29, 1.82) is 0 Å². The molecule has 1 aromatic heterocycles. The Morgan fingerprint density at radius 1 is 1.09 bits per heavy atom. The van der Waals surface area contributed by atoms with Gasteiger partial charge in [-0.1, -0.05) is 18.2 Å². The first-order valence-electron chi connectivity index (χ1n) is 8.19. The van der Waals surface area contributed by atoms with Gasteiger partial charge in [-0.3, -0.25) is 4.79 Å². The van der Waals surface area contributed by atoms with E-state index in [2.05, 4.69) is 17.4 Å². The van der Waals surface area contributed by atoms with Crippen molar-refractivity contribution in [3.8, 4) is 0 Å². The third-order valence-electron chi connectivity index (χ3n) is 4.55. The van der Waals surface area contributed by atoms with Gasteiger partial charge >= 0.3 is 0 Å². The van der Waals surface area contributed by atoms with E-state index in [9.17, 15) is 4.79 Å². The van der Waals surface area contributed by atoms with E-state index >= 15 is 0 Å². The number of hydrogen-bond donors (Lipinski definition) is 1. The van der Waals surface area contributed by atoms with E-state index in [1.165, 1.54) is 0 Å². The third kappa shape index (κ3) is 2.54. The van der Waals surface area contributed by atoms with Gasteiger partial charge in [0.05, 0.1) is 0 Å². The number of furan rings is 1. The summed E-state index contributed by atoms with van der Waals surface area (Å²) in [6.45, 7) is 3.70. The highest BCUT2D eigenvalue weighted by Gasteiger charge is 2.23. The molecule has 4 heteroatoms. The highest BCUT2D eigenvalue weighted by Crippen LogP contribution is 2.30. The molecule has 1 unspecified atom stereocenters. The second kappa shape index (κ2) is 5.61. The first-order chi connectivity index (χ1) is 11.2. The van der Waals surface area contributed by atoms with Crippen LogP contribution in [0, 0.1) is 0 Å². The van der Waals surface area contributed by atoms with Crippen molar-refractivity contribution < 1.29 is 9.21 Å². The number of fused-ring (bicyclic) bond motifs is 3. The second-order valence-electron chi connectivity index (χ2n) is 6.21. The minimum absolute atomic E-state index is 0.180. The molecule has 0 spiro atoms. The van der Waals surface area contributed by atoms with Gasteiger partial charge in [-0.05, 0) is 44.0 Å². The van der Waals surface area contributed by atoms with Gasteiger partial charge < -0.3 is 14.6 Å². The summed E-state index contributed by atoms with van der Waals surface area (Å²) in [7, 11) is 0. The van der Waals surface area contributed by atoms with E-state index in [1.54, 1.807) is 0 Å². The van der Waals surface area contributed by atoms with Crippen LogP contribution in [0.4, 0.5) is 5.69 Å². The van der Waals surface area contributed by atoms with E-state index in [0.717, 1.165) is 53.6 Å². The first-order valence-corrected chi connectivity index (χ1v) is 8.19. The Morgan fingerprint density at radius 2 is 1.83 bits per heavy atom. The molecule has 1 aliphatic heterocycles. The van der Waals surface area contributed by atoms with Gasteiger partial charge in [-0.15, -0.1) is 0 Å². The Kier molecular flexibility index (Phi) is 3.45. The summed E-state index contributed by atoms with van der Waals surface area (Å²) >= 11 is 0. The summed E-state index contributed by atoms with van der Waals surface area (Å²) in [5, 5.41) is 5.51. The van der Waals surface area contributed by atoms with Crippen molar-refractivity contribution in [1.82, 2.24) is 4.90 Å². The summed E-state index contributed by atoms with van der Waals surface area (Å²) in [6.07, 6.45) is 2.23. The largest absolute Gasteiger partial charge is 0.456 e. The van der Waals surface area contributed by atoms with Crippen LogP contribution in [0.25, 0.3) is 21.9 Å². The van der Waals surface area contributed by atoms with Gasteiger partial charge in [0.25, 0.3) is 0 Å². The lowest BCUT2D eigenvalue weighted by atomic mass is 10.1. The lowest BCUT2D eigenvalue weighted by Gasteiger charge is -2.21. The quantitative estimate of drug-likeness (QED) is 0.795. The van der Waals surface area contributed by atoms with Crippen LogP contribution in [-0.4, -0.2) is 29.9 Å². The van der Waals surface area contributed by atoms with Crippen LogP contribution in [0.3, 0.4) is 0 Å². The number of para-hydroxylation sites is 1. The van der Waals surface area contributed by atoms with Crippen molar-refractivity contribution in [2.75, 3.05) is 18.4 Å². The molecule has 1 saturated heterocycles. The smallest absolute Gasteiger partial charge is 0.244 e. The third-order valence-corrected chi connectivity index (χ3v) is 4.55. The number of benzene rings is 2. The van der Waals surface area contributed by atoms with Crippen LogP contribution in [0.1, 0.15) is 19.8 Å². The molecule has 0 aliphatic carbocycles. The average molecular weight is 308 g/mol. The predicted molar refractivity (Wildman–Crippen MR) is 92.6 cm³/mol. The zero-order valence-corrected chi connectivity index (χ0v) is 13.2.